The van der Waals surface area contributed by atoms with Crippen LogP contribution in [0.1, 0.15) is 41.8 Å². The van der Waals surface area contributed by atoms with E-state index in [-0.39, 0.29) is 40.6 Å². The number of ether oxygens (including phenoxy) is 2. The van der Waals surface area contributed by atoms with E-state index in [2.05, 4.69) is 10.1 Å². The summed E-state index contributed by atoms with van der Waals surface area (Å²) in [7, 11) is -2.13. The Morgan fingerprint density at radius 3 is 2.54 bits per heavy atom. The van der Waals surface area contributed by atoms with Crippen LogP contribution in [0.15, 0.2) is 27.6 Å². The van der Waals surface area contributed by atoms with Gasteiger partial charge in [0.05, 0.1) is 15.9 Å². The zero-order valence-electron chi connectivity index (χ0n) is 19.0. The van der Waals surface area contributed by atoms with Crippen LogP contribution in [0.2, 0.25) is 0 Å². The summed E-state index contributed by atoms with van der Waals surface area (Å²) in [5.74, 6) is 0.297. The molecule has 2 aromatic rings. The van der Waals surface area contributed by atoms with E-state index in [9.17, 15) is 26.4 Å². The molecule has 188 valence electrons. The molecule has 2 bridgehead atoms. The number of hydrogen-bond donors (Lipinski definition) is 0. The maximum absolute atomic E-state index is 13.5. The van der Waals surface area contributed by atoms with Gasteiger partial charge in [-0.15, -0.1) is 0 Å². The Hall–Kier alpha value is -2.67. The van der Waals surface area contributed by atoms with Gasteiger partial charge in [-0.05, 0) is 38.0 Å². The Bertz CT molecular complexity index is 1340. The van der Waals surface area contributed by atoms with Crippen molar-refractivity contribution < 1.29 is 40.4 Å². The van der Waals surface area contributed by atoms with Gasteiger partial charge < -0.3 is 18.9 Å². The molecule has 3 atom stereocenters. The SMILES string of the molecule is COC1(c2nc(C34CN(C(=O)c5cc(S(C)(=O)=O)ccc5O[C@@H](C)C(F)(F)F)C5C3C54)no2)CC1. The van der Waals surface area contributed by atoms with Crippen LogP contribution in [0, 0.1) is 11.8 Å². The van der Waals surface area contributed by atoms with Crippen LogP contribution >= 0.6 is 0 Å². The summed E-state index contributed by atoms with van der Waals surface area (Å²) in [6.07, 6.45) is -4.31. The highest BCUT2D eigenvalue weighted by Crippen LogP contribution is 2.83. The van der Waals surface area contributed by atoms with Crippen LogP contribution in [0.25, 0.3) is 0 Å². The zero-order chi connectivity index (χ0) is 25.1. The summed E-state index contributed by atoms with van der Waals surface area (Å²) in [5.41, 5.74) is -1.21. The summed E-state index contributed by atoms with van der Waals surface area (Å²) in [6, 6.07) is 3.21. The number of halogens is 3. The van der Waals surface area contributed by atoms with Crippen LogP contribution in [0.5, 0.6) is 5.75 Å². The first kappa shape index (κ1) is 22.8. The second kappa shape index (κ2) is 6.75. The fraction of sp³-hybridized carbons (Fsp3) is 0.591. The lowest BCUT2D eigenvalue weighted by molar-refractivity contribution is -0.189. The monoisotopic (exact) mass is 513 g/mol. The topological polar surface area (TPSA) is 112 Å². The minimum atomic E-state index is -4.66. The minimum absolute atomic E-state index is 0.100. The number of methoxy groups -OCH3 is 1. The number of hydrogen-bond acceptors (Lipinski definition) is 8. The summed E-state index contributed by atoms with van der Waals surface area (Å²) < 4.78 is 79.5. The lowest BCUT2D eigenvalue weighted by atomic mass is 9.97. The van der Waals surface area contributed by atoms with E-state index in [1.54, 1.807) is 12.0 Å². The van der Waals surface area contributed by atoms with Crippen LogP contribution in [-0.4, -0.2) is 67.6 Å². The largest absolute Gasteiger partial charge is 0.480 e. The van der Waals surface area contributed by atoms with Gasteiger partial charge in [0.1, 0.15) is 11.4 Å². The maximum Gasteiger partial charge on any atom is 0.425 e. The normalized spacial score (nSPS) is 30.6. The number of benzene rings is 1. The van der Waals surface area contributed by atoms with Crippen molar-refractivity contribution in [3.05, 3.63) is 35.5 Å². The van der Waals surface area contributed by atoms with Gasteiger partial charge >= 0.3 is 6.18 Å². The van der Waals surface area contributed by atoms with Gasteiger partial charge in [0.25, 0.3) is 11.8 Å². The molecule has 1 aromatic heterocycles. The number of amides is 1. The Balaban J connectivity index is 1.29. The molecule has 2 saturated heterocycles. The first-order chi connectivity index (χ1) is 16.3. The van der Waals surface area contributed by atoms with Crippen molar-refractivity contribution >= 4 is 15.7 Å². The number of fused-ring (bicyclic) bond motifs is 1. The van der Waals surface area contributed by atoms with Gasteiger partial charge in [0, 0.05) is 37.8 Å². The second-order valence-electron chi connectivity index (χ2n) is 9.87. The third-order valence-electron chi connectivity index (χ3n) is 7.82. The first-order valence-electron chi connectivity index (χ1n) is 11.1. The van der Waals surface area contributed by atoms with E-state index >= 15 is 0 Å². The first-order valence-corrected chi connectivity index (χ1v) is 13.0. The molecule has 5 fully saturated rings. The molecule has 0 N–H and O–H groups in total. The van der Waals surface area contributed by atoms with E-state index in [1.165, 1.54) is 0 Å². The number of carbonyl (C=O) groups excluding carboxylic acids is 1. The van der Waals surface area contributed by atoms with Gasteiger partial charge in [0.2, 0.25) is 0 Å². The smallest absolute Gasteiger partial charge is 0.425 e. The lowest BCUT2D eigenvalue weighted by Gasteiger charge is -2.22. The summed E-state index contributed by atoms with van der Waals surface area (Å²) in [4.78, 5) is 19.4. The molecule has 7 rings (SSSR count). The van der Waals surface area contributed by atoms with Crippen molar-refractivity contribution in [2.45, 2.75) is 54.0 Å². The fourth-order valence-electron chi connectivity index (χ4n) is 5.49. The molecule has 1 aromatic carbocycles. The molecule has 2 unspecified atom stereocenters. The predicted octanol–water partition coefficient (Wildman–Crippen LogP) is 2.46. The number of nitrogens with zero attached hydrogens (tertiary/aromatic N) is 3. The van der Waals surface area contributed by atoms with E-state index in [1.807, 2.05) is 0 Å². The van der Waals surface area contributed by atoms with Crippen molar-refractivity contribution in [2.24, 2.45) is 11.8 Å². The van der Waals surface area contributed by atoms with Gasteiger partial charge in [-0.25, -0.2) is 8.42 Å². The zero-order valence-corrected chi connectivity index (χ0v) is 19.8. The molecule has 35 heavy (non-hydrogen) atoms. The van der Waals surface area contributed by atoms with Gasteiger partial charge in [-0.3, -0.25) is 4.79 Å². The second-order valence-corrected chi connectivity index (χ2v) is 11.9. The van der Waals surface area contributed by atoms with Crippen LogP contribution in [-0.2, 0) is 25.6 Å². The predicted molar refractivity (Wildman–Crippen MR) is 111 cm³/mol. The van der Waals surface area contributed by atoms with Gasteiger partial charge in [0.15, 0.2) is 21.8 Å². The Kier molecular flexibility index (Phi) is 4.39. The molecule has 2 aliphatic heterocycles. The number of aromatic nitrogens is 2. The Labute approximate surface area is 198 Å². The molecule has 3 heterocycles. The third kappa shape index (κ3) is 3.16. The third-order valence-corrected chi connectivity index (χ3v) is 8.93. The van der Waals surface area contributed by atoms with E-state index in [4.69, 9.17) is 14.0 Å². The van der Waals surface area contributed by atoms with Crippen molar-refractivity contribution in [1.29, 1.82) is 0 Å². The Morgan fingerprint density at radius 1 is 1.29 bits per heavy atom. The number of alkyl halides is 3. The highest BCUT2D eigenvalue weighted by molar-refractivity contribution is 7.90. The molecule has 13 heteroatoms. The molecule has 9 nitrogen and oxygen atoms in total. The van der Waals surface area contributed by atoms with Crippen molar-refractivity contribution in [1.82, 2.24) is 15.0 Å². The molecule has 1 amide bonds. The number of carbonyl (C=O) groups is 1. The van der Waals surface area contributed by atoms with Gasteiger partial charge in [-0.1, -0.05) is 5.16 Å². The standard InChI is InChI=1S/C22H22F3N3O6S/c1-10(22(23,24)25)33-13-5-4-11(35(3,30)31)8-12(13)17(29)28-9-21(14-15(21)16(14)28)18-26-19(34-27-18)20(32-2)6-7-20/h4-5,8,10,14-16H,6-7,9H2,1-3H3/t10-,14?,15?,16?,21?/m0/s1. The van der Waals surface area contributed by atoms with Gasteiger partial charge in [-0.2, -0.15) is 18.2 Å². The number of piperidine rings is 1. The summed E-state index contributed by atoms with van der Waals surface area (Å²) in [6.45, 7) is 1.09. The number of rotatable bonds is 7. The quantitative estimate of drug-likeness (QED) is 0.555. The van der Waals surface area contributed by atoms with Crippen molar-refractivity contribution in [2.75, 3.05) is 19.9 Å². The summed E-state index contributed by atoms with van der Waals surface area (Å²) in [5, 5.41) is 4.15. The highest BCUT2D eigenvalue weighted by Gasteiger charge is 2.93. The van der Waals surface area contributed by atoms with E-state index < -0.39 is 39.0 Å². The maximum atomic E-state index is 13.5. The molecule has 0 radical (unpaired) electrons. The van der Waals surface area contributed by atoms with Crippen molar-refractivity contribution in [3.63, 3.8) is 0 Å². The van der Waals surface area contributed by atoms with Crippen LogP contribution < -0.4 is 4.74 Å². The van der Waals surface area contributed by atoms with E-state index in [0.29, 0.717) is 11.7 Å². The molecule has 0 spiro atoms. The Morgan fingerprint density at radius 2 is 1.97 bits per heavy atom. The van der Waals surface area contributed by atoms with Crippen LogP contribution in [0.3, 0.4) is 0 Å². The lowest BCUT2D eigenvalue weighted by Crippen LogP contribution is -2.33. The summed E-state index contributed by atoms with van der Waals surface area (Å²) >= 11 is 0. The highest BCUT2D eigenvalue weighted by atomic mass is 32.2. The van der Waals surface area contributed by atoms with E-state index in [0.717, 1.165) is 44.2 Å². The van der Waals surface area contributed by atoms with Crippen LogP contribution in [0.4, 0.5) is 13.2 Å². The fourth-order valence-corrected chi connectivity index (χ4v) is 6.13. The van der Waals surface area contributed by atoms with Crippen molar-refractivity contribution in [3.8, 4) is 5.75 Å². The number of sulfone groups is 1. The molecule has 5 aliphatic rings. The molecule has 3 aliphatic carbocycles. The molecular weight excluding hydrogens is 491 g/mol. The average Bonchev–Trinajstić information content (AvgIpc) is 3.72. The average molecular weight is 513 g/mol. The molecule has 3 saturated carbocycles. The minimum Gasteiger partial charge on any atom is -0.480 e. The molecular formula is C22H22F3N3O6S.